The van der Waals surface area contributed by atoms with Crippen molar-refractivity contribution in [2.45, 2.75) is 19.9 Å². The van der Waals surface area contributed by atoms with Crippen LogP contribution in [0, 0.1) is 0 Å². The number of alkyl halides is 1. The van der Waals surface area contributed by atoms with E-state index in [9.17, 15) is 0 Å². The molecule has 0 aromatic carbocycles. The number of aryl methyl sites for hydroxylation is 1. The van der Waals surface area contributed by atoms with Crippen LogP contribution < -0.4 is 0 Å². The van der Waals surface area contributed by atoms with E-state index in [1.54, 1.807) is 0 Å². The Bertz CT molecular complexity index is 260. The van der Waals surface area contributed by atoms with Gasteiger partial charge in [0.1, 0.15) is 0 Å². The fourth-order valence-corrected chi connectivity index (χ4v) is 1.53. The Morgan fingerprint density at radius 3 is 2.86 bits per heavy atom. The Morgan fingerprint density at radius 2 is 2.36 bits per heavy atom. The van der Waals surface area contributed by atoms with Crippen molar-refractivity contribution in [3.8, 4) is 0 Å². The predicted molar refractivity (Wildman–Crippen MR) is 59.5 cm³/mol. The largest absolute Gasteiger partial charge is 0.298 e. The Balaban J connectivity index is 2.40. The molecule has 1 aromatic rings. The van der Waals surface area contributed by atoms with Crippen LogP contribution in [-0.2, 0) is 13.6 Å². The Labute approximate surface area is 90.7 Å². The molecule has 0 radical (unpaired) electrons. The van der Waals surface area contributed by atoms with Crippen molar-refractivity contribution in [3.05, 3.63) is 18.0 Å². The molecule has 0 spiro atoms. The number of hydrogen-bond donors (Lipinski definition) is 0. The van der Waals surface area contributed by atoms with Crippen LogP contribution in [0.15, 0.2) is 12.3 Å². The van der Waals surface area contributed by atoms with Gasteiger partial charge in [0.15, 0.2) is 0 Å². The molecule has 0 atom stereocenters. The highest BCUT2D eigenvalue weighted by molar-refractivity contribution is 6.17. The number of hydrogen-bond acceptors (Lipinski definition) is 2. The third-order valence-electron chi connectivity index (χ3n) is 2.21. The monoisotopic (exact) mass is 215 g/mol. The van der Waals surface area contributed by atoms with Gasteiger partial charge in [-0.1, -0.05) is 6.92 Å². The van der Waals surface area contributed by atoms with Gasteiger partial charge in [-0.3, -0.25) is 9.58 Å². The van der Waals surface area contributed by atoms with Crippen molar-refractivity contribution in [2.24, 2.45) is 7.05 Å². The average Bonchev–Trinajstić information content (AvgIpc) is 2.58. The minimum absolute atomic E-state index is 0.735. The second-order valence-corrected chi connectivity index (χ2v) is 3.77. The van der Waals surface area contributed by atoms with Gasteiger partial charge in [-0.2, -0.15) is 5.10 Å². The maximum Gasteiger partial charge on any atom is 0.0764 e. The van der Waals surface area contributed by atoms with Gasteiger partial charge >= 0.3 is 0 Å². The minimum Gasteiger partial charge on any atom is -0.298 e. The molecule has 14 heavy (non-hydrogen) atoms. The smallest absolute Gasteiger partial charge is 0.0764 e. The lowest BCUT2D eigenvalue weighted by molar-refractivity contribution is 0.277. The summed E-state index contributed by atoms with van der Waals surface area (Å²) in [6.07, 6.45) is 3.02. The lowest BCUT2D eigenvalue weighted by Gasteiger charge is -2.18. The summed E-state index contributed by atoms with van der Waals surface area (Å²) in [6.45, 7) is 5.19. The van der Waals surface area contributed by atoms with Crippen molar-refractivity contribution in [1.82, 2.24) is 14.7 Å². The van der Waals surface area contributed by atoms with Crippen LogP contribution in [-0.4, -0.2) is 33.6 Å². The normalized spacial score (nSPS) is 11.1. The van der Waals surface area contributed by atoms with Crippen LogP contribution in [0.1, 0.15) is 19.0 Å². The molecule has 0 aliphatic rings. The molecule has 1 rings (SSSR count). The van der Waals surface area contributed by atoms with Gasteiger partial charge in [0.05, 0.1) is 5.69 Å². The first-order chi connectivity index (χ1) is 6.76. The van der Waals surface area contributed by atoms with Crippen molar-refractivity contribution in [1.29, 1.82) is 0 Å². The van der Waals surface area contributed by atoms with Crippen molar-refractivity contribution in [3.63, 3.8) is 0 Å². The van der Waals surface area contributed by atoms with Crippen LogP contribution in [0.3, 0.4) is 0 Å². The van der Waals surface area contributed by atoms with Crippen molar-refractivity contribution >= 4 is 11.6 Å². The van der Waals surface area contributed by atoms with Gasteiger partial charge in [0.2, 0.25) is 0 Å². The molecule has 3 nitrogen and oxygen atoms in total. The molecular weight excluding hydrogens is 198 g/mol. The van der Waals surface area contributed by atoms with E-state index in [-0.39, 0.29) is 0 Å². The van der Waals surface area contributed by atoms with E-state index in [4.69, 9.17) is 11.6 Å². The molecule has 0 aliphatic carbocycles. The first kappa shape index (κ1) is 11.5. The van der Waals surface area contributed by atoms with Crippen LogP contribution in [0.2, 0.25) is 0 Å². The van der Waals surface area contributed by atoms with Gasteiger partial charge in [0.25, 0.3) is 0 Å². The molecule has 1 aromatic heterocycles. The summed E-state index contributed by atoms with van der Waals surface area (Å²) in [5.74, 6) is 0.735. The van der Waals surface area contributed by atoms with Gasteiger partial charge in [-0.05, 0) is 25.6 Å². The number of nitrogens with zero attached hydrogens (tertiary/aromatic N) is 3. The molecule has 0 N–H and O–H groups in total. The van der Waals surface area contributed by atoms with Gasteiger partial charge in [-0.15, -0.1) is 11.6 Å². The van der Waals surface area contributed by atoms with Gasteiger partial charge in [-0.25, -0.2) is 0 Å². The molecule has 4 heteroatoms. The zero-order chi connectivity index (χ0) is 10.4. The third-order valence-corrected chi connectivity index (χ3v) is 2.48. The van der Waals surface area contributed by atoms with Crippen LogP contribution in [0.5, 0.6) is 0 Å². The lowest BCUT2D eigenvalue weighted by atomic mass is 10.3. The van der Waals surface area contributed by atoms with E-state index in [0.717, 1.165) is 37.6 Å². The fourth-order valence-electron chi connectivity index (χ4n) is 1.41. The lowest BCUT2D eigenvalue weighted by Crippen LogP contribution is -2.24. The third kappa shape index (κ3) is 3.68. The SMILES string of the molecule is CCN(CCCCl)Cc1ccn(C)n1. The van der Waals surface area contributed by atoms with E-state index < -0.39 is 0 Å². The van der Waals surface area contributed by atoms with Crippen molar-refractivity contribution in [2.75, 3.05) is 19.0 Å². The summed E-state index contributed by atoms with van der Waals surface area (Å²) in [7, 11) is 1.94. The molecule has 0 aliphatic heterocycles. The van der Waals surface area contributed by atoms with E-state index >= 15 is 0 Å². The summed E-state index contributed by atoms with van der Waals surface area (Å²) in [5.41, 5.74) is 1.13. The topological polar surface area (TPSA) is 21.1 Å². The predicted octanol–water partition coefficient (Wildman–Crippen LogP) is 1.87. The van der Waals surface area contributed by atoms with Crippen molar-refractivity contribution < 1.29 is 0 Å². The standard InChI is InChI=1S/C10H18ClN3/c1-3-14(7-4-6-11)9-10-5-8-13(2)12-10/h5,8H,3-4,6-7,9H2,1-2H3. The first-order valence-corrected chi connectivity index (χ1v) is 5.56. The zero-order valence-corrected chi connectivity index (χ0v) is 9.67. The van der Waals surface area contributed by atoms with Gasteiger partial charge in [0, 0.05) is 25.7 Å². The molecule has 0 bridgehead atoms. The number of rotatable bonds is 6. The summed E-state index contributed by atoms with van der Waals surface area (Å²) in [5, 5.41) is 4.35. The number of halogens is 1. The van der Waals surface area contributed by atoms with E-state index in [0.29, 0.717) is 0 Å². The number of aromatic nitrogens is 2. The molecule has 80 valence electrons. The highest BCUT2D eigenvalue weighted by Gasteiger charge is 2.04. The highest BCUT2D eigenvalue weighted by Crippen LogP contribution is 2.02. The minimum atomic E-state index is 0.735. The first-order valence-electron chi connectivity index (χ1n) is 5.03. The summed E-state index contributed by atoms with van der Waals surface area (Å²) >= 11 is 5.66. The summed E-state index contributed by atoms with van der Waals surface area (Å²) < 4.78 is 1.84. The van der Waals surface area contributed by atoms with Gasteiger partial charge < -0.3 is 0 Å². The molecule has 0 unspecified atom stereocenters. The average molecular weight is 216 g/mol. The maximum atomic E-state index is 5.66. The molecule has 0 amide bonds. The second-order valence-electron chi connectivity index (χ2n) is 3.39. The fraction of sp³-hybridized carbons (Fsp3) is 0.700. The Hall–Kier alpha value is -0.540. The summed E-state index contributed by atoms with van der Waals surface area (Å²) in [4.78, 5) is 2.35. The molecule has 0 saturated heterocycles. The Kier molecular flexibility index (Phi) is 4.98. The second kappa shape index (κ2) is 6.04. The maximum absolute atomic E-state index is 5.66. The molecule has 0 fully saturated rings. The van der Waals surface area contributed by atoms with Crippen LogP contribution in [0.25, 0.3) is 0 Å². The van der Waals surface area contributed by atoms with E-state index in [2.05, 4.69) is 23.0 Å². The molecule has 0 saturated carbocycles. The molecular formula is C10H18ClN3. The quantitative estimate of drug-likeness (QED) is 0.676. The van der Waals surface area contributed by atoms with E-state index in [1.807, 2.05) is 17.9 Å². The highest BCUT2D eigenvalue weighted by atomic mass is 35.5. The Morgan fingerprint density at radius 1 is 1.57 bits per heavy atom. The summed E-state index contributed by atoms with van der Waals surface area (Å²) in [6, 6.07) is 2.06. The van der Waals surface area contributed by atoms with E-state index in [1.165, 1.54) is 0 Å². The van der Waals surface area contributed by atoms with Crippen LogP contribution in [0.4, 0.5) is 0 Å². The van der Waals surface area contributed by atoms with Crippen LogP contribution >= 0.6 is 11.6 Å². The molecule has 1 heterocycles. The zero-order valence-electron chi connectivity index (χ0n) is 8.91.